The van der Waals surface area contributed by atoms with Crippen LogP contribution < -0.4 is 10.5 Å². The fourth-order valence-corrected chi connectivity index (χ4v) is 2.90. The van der Waals surface area contributed by atoms with Crippen LogP contribution >= 0.6 is 27.5 Å². The molecule has 2 N–H and O–H groups in total. The summed E-state index contributed by atoms with van der Waals surface area (Å²) >= 11 is 9.48. The predicted molar refractivity (Wildman–Crippen MR) is 82.8 cm³/mol. The number of halogens is 2. The molecule has 0 saturated carbocycles. The maximum Gasteiger partial charge on any atom is 0.122 e. The standard InChI is InChI=1S/C15H15BrClNO/c1-19-15-5-3-2-4-10(15)8-14(18)11-6-12(16)9-13(17)7-11/h2-7,9,14H,8,18H2,1H3. The third-order valence-corrected chi connectivity index (χ3v) is 3.62. The summed E-state index contributed by atoms with van der Waals surface area (Å²) in [5, 5.41) is 0.680. The van der Waals surface area contributed by atoms with Crippen LogP contribution in [0.1, 0.15) is 17.2 Å². The number of ether oxygens (including phenoxy) is 1. The van der Waals surface area contributed by atoms with Crippen molar-refractivity contribution >= 4 is 27.5 Å². The normalized spacial score (nSPS) is 12.2. The lowest BCUT2D eigenvalue weighted by Gasteiger charge is -2.15. The van der Waals surface area contributed by atoms with Gasteiger partial charge in [0.15, 0.2) is 0 Å². The molecular weight excluding hydrogens is 326 g/mol. The van der Waals surface area contributed by atoms with Crippen LogP contribution in [0, 0.1) is 0 Å². The van der Waals surface area contributed by atoms with Crippen LogP contribution in [0.3, 0.4) is 0 Å². The van der Waals surface area contributed by atoms with Crippen LogP contribution in [0.4, 0.5) is 0 Å². The van der Waals surface area contributed by atoms with Crippen LogP contribution in [-0.4, -0.2) is 7.11 Å². The smallest absolute Gasteiger partial charge is 0.122 e. The molecule has 0 bridgehead atoms. The molecule has 100 valence electrons. The number of benzene rings is 2. The molecule has 2 rings (SSSR count). The number of methoxy groups -OCH3 is 1. The van der Waals surface area contributed by atoms with E-state index in [1.165, 1.54) is 0 Å². The Bertz CT molecular complexity index is 554. The van der Waals surface area contributed by atoms with E-state index in [1.807, 2.05) is 42.5 Å². The third kappa shape index (κ3) is 3.72. The average Bonchev–Trinajstić information content (AvgIpc) is 2.38. The number of para-hydroxylation sites is 1. The van der Waals surface area contributed by atoms with E-state index < -0.39 is 0 Å². The van der Waals surface area contributed by atoms with E-state index in [0.717, 1.165) is 21.3 Å². The first-order valence-corrected chi connectivity index (χ1v) is 7.10. The van der Waals surface area contributed by atoms with E-state index in [2.05, 4.69) is 15.9 Å². The molecule has 0 aliphatic carbocycles. The van der Waals surface area contributed by atoms with E-state index >= 15 is 0 Å². The molecule has 1 atom stereocenters. The van der Waals surface area contributed by atoms with Crippen molar-refractivity contribution in [3.63, 3.8) is 0 Å². The highest BCUT2D eigenvalue weighted by atomic mass is 79.9. The number of rotatable bonds is 4. The molecule has 2 nitrogen and oxygen atoms in total. The van der Waals surface area contributed by atoms with Gasteiger partial charge in [0.25, 0.3) is 0 Å². The Hall–Kier alpha value is -1.03. The van der Waals surface area contributed by atoms with Crippen molar-refractivity contribution in [1.82, 2.24) is 0 Å². The molecule has 0 amide bonds. The van der Waals surface area contributed by atoms with Gasteiger partial charge in [0.1, 0.15) is 5.75 Å². The van der Waals surface area contributed by atoms with Gasteiger partial charge in [0, 0.05) is 15.5 Å². The van der Waals surface area contributed by atoms with Crippen molar-refractivity contribution in [2.75, 3.05) is 7.11 Å². The number of nitrogens with two attached hydrogens (primary N) is 1. The van der Waals surface area contributed by atoms with Crippen LogP contribution in [-0.2, 0) is 6.42 Å². The van der Waals surface area contributed by atoms with E-state index in [-0.39, 0.29) is 6.04 Å². The van der Waals surface area contributed by atoms with Gasteiger partial charge < -0.3 is 10.5 Å². The summed E-state index contributed by atoms with van der Waals surface area (Å²) in [5.74, 6) is 0.860. The molecule has 19 heavy (non-hydrogen) atoms. The average molecular weight is 341 g/mol. The fraction of sp³-hybridized carbons (Fsp3) is 0.200. The second-order valence-corrected chi connectivity index (χ2v) is 5.68. The molecule has 0 spiro atoms. The second kappa shape index (κ2) is 6.42. The van der Waals surface area contributed by atoms with Crippen LogP contribution in [0.15, 0.2) is 46.9 Å². The van der Waals surface area contributed by atoms with Crippen LogP contribution in [0.5, 0.6) is 5.75 Å². The molecule has 1 unspecified atom stereocenters. The summed E-state index contributed by atoms with van der Waals surface area (Å²) in [6.07, 6.45) is 0.705. The van der Waals surface area contributed by atoms with Crippen molar-refractivity contribution in [2.45, 2.75) is 12.5 Å². The summed E-state index contributed by atoms with van der Waals surface area (Å²) in [4.78, 5) is 0. The lowest BCUT2D eigenvalue weighted by molar-refractivity contribution is 0.408. The zero-order valence-corrected chi connectivity index (χ0v) is 12.9. The van der Waals surface area contributed by atoms with Gasteiger partial charge >= 0.3 is 0 Å². The number of hydrogen-bond acceptors (Lipinski definition) is 2. The van der Waals surface area contributed by atoms with E-state index in [0.29, 0.717) is 11.4 Å². The van der Waals surface area contributed by atoms with Crippen LogP contribution in [0.2, 0.25) is 5.02 Å². The molecule has 4 heteroatoms. The first-order chi connectivity index (χ1) is 9.10. The predicted octanol–water partition coefficient (Wildman–Crippen LogP) is 4.35. The minimum absolute atomic E-state index is 0.119. The van der Waals surface area contributed by atoms with Gasteiger partial charge in [-0.2, -0.15) is 0 Å². The van der Waals surface area contributed by atoms with Crippen molar-refractivity contribution in [2.24, 2.45) is 5.73 Å². The van der Waals surface area contributed by atoms with Gasteiger partial charge in [-0.15, -0.1) is 0 Å². The Labute approximate surface area is 126 Å². The largest absolute Gasteiger partial charge is 0.496 e. The maximum absolute atomic E-state index is 6.25. The number of hydrogen-bond donors (Lipinski definition) is 1. The monoisotopic (exact) mass is 339 g/mol. The summed E-state index contributed by atoms with van der Waals surface area (Å²) in [7, 11) is 1.67. The fourth-order valence-electron chi connectivity index (χ4n) is 2.02. The van der Waals surface area contributed by atoms with E-state index in [9.17, 15) is 0 Å². The van der Waals surface area contributed by atoms with E-state index in [4.69, 9.17) is 22.1 Å². The molecule has 2 aromatic carbocycles. The topological polar surface area (TPSA) is 35.2 Å². The van der Waals surface area contributed by atoms with Gasteiger partial charge in [-0.05, 0) is 41.8 Å². The van der Waals surface area contributed by atoms with Gasteiger partial charge in [-0.3, -0.25) is 0 Å². The molecule has 0 saturated heterocycles. The van der Waals surface area contributed by atoms with Gasteiger partial charge in [0.05, 0.1) is 7.11 Å². The first kappa shape index (κ1) is 14.4. The van der Waals surface area contributed by atoms with Crippen molar-refractivity contribution in [1.29, 1.82) is 0 Å². The van der Waals surface area contributed by atoms with Crippen LogP contribution in [0.25, 0.3) is 0 Å². The first-order valence-electron chi connectivity index (χ1n) is 5.93. The molecule has 0 aliphatic rings. The molecule has 0 fully saturated rings. The zero-order chi connectivity index (χ0) is 13.8. The Morgan fingerprint density at radius 3 is 2.68 bits per heavy atom. The Morgan fingerprint density at radius 1 is 1.26 bits per heavy atom. The molecule has 0 aliphatic heterocycles. The summed E-state index contributed by atoms with van der Waals surface area (Å²) < 4.78 is 6.27. The molecule has 0 aromatic heterocycles. The minimum atomic E-state index is -0.119. The molecular formula is C15H15BrClNO. The minimum Gasteiger partial charge on any atom is -0.496 e. The van der Waals surface area contributed by atoms with E-state index in [1.54, 1.807) is 7.11 Å². The quantitative estimate of drug-likeness (QED) is 0.898. The molecule has 0 radical (unpaired) electrons. The Balaban J connectivity index is 2.22. The lowest BCUT2D eigenvalue weighted by atomic mass is 9.99. The summed E-state index contributed by atoms with van der Waals surface area (Å²) in [6, 6.07) is 13.5. The summed E-state index contributed by atoms with van der Waals surface area (Å²) in [5.41, 5.74) is 8.35. The van der Waals surface area contributed by atoms with Gasteiger partial charge in [-0.25, -0.2) is 0 Å². The highest BCUT2D eigenvalue weighted by molar-refractivity contribution is 9.10. The lowest BCUT2D eigenvalue weighted by Crippen LogP contribution is -2.14. The maximum atomic E-state index is 6.25. The van der Waals surface area contributed by atoms with Gasteiger partial charge in [-0.1, -0.05) is 45.7 Å². The SMILES string of the molecule is COc1ccccc1CC(N)c1cc(Cl)cc(Br)c1. The third-order valence-electron chi connectivity index (χ3n) is 2.95. The molecule has 2 aromatic rings. The highest BCUT2D eigenvalue weighted by Gasteiger charge is 2.11. The van der Waals surface area contributed by atoms with Gasteiger partial charge in [0.2, 0.25) is 0 Å². The summed E-state index contributed by atoms with van der Waals surface area (Å²) in [6.45, 7) is 0. The zero-order valence-electron chi connectivity index (χ0n) is 10.6. The second-order valence-electron chi connectivity index (χ2n) is 4.33. The molecule has 0 heterocycles. The Kier molecular flexibility index (Phi) is 4.86. The Morgan fingerprint density at radius 2 is 2.00 bits per heavy atom. The van der Waals surface area contributed by atoms with Crippen molar-refractivity contribution in [3.05, 3.63) is 63.1 Å². The van der Waals surface area contributed by atoms with Crippen molar-refractivity contribution in [3.8, 4) is 5.75 Å². The highest BCUT2D eigenvalue weighted by Crippen LogP contribution is 2.27. The van der Waals surface area contributed by atoms with Crippen molar-refractivity contribution < 1.29 is 4.74 Å².